The zero-order chi connectivity index (χ0) is 14.6. The van der Waals surface area contributed by atoms with Gasteiger partial charge in [-0.1, -0.05) is 41.5 Å². The second kappa shape index (κ2) is 7.20. The van der Waals surface area contributed by atoms with Gasteiger partial charge in [0.1, 0.15) is 0 Å². The molecule has 1 heterocycles. The average molecular weight is 289 g/mol. The summed E-state index contributed by atoms with van der Waals surface area (Å²) < 4.78 is 12.0. The van der Waals surface area contributed by atoms with Crippen molar-refractivity contribution in [2.45, 2.75) is 83.2 Å². The normalized spacial score (nSPS) is 24.9. The molecule has 1 saturated heterocycles. The van der Waals surface area contributed by atoms with Crippen LogP contribution in [-0.2, 0) is 9.16 Å². The first kappa shape index (κ1) is 17.1. The summed E-state index contributed by atoms with van der Waals surface area (Å²) in [5.74, 6) is 0. The monoisotopic (exact) mass is 288 g/mol. The maximum absolute atomic E-state index is 9.78. The summed E-state index contributed by atoms with van der Waals surface area (Å²) in [5.41, 5.74) is 1.84. The van der Waals surface area contributed by atoms with Gasteiger partial charge in [0.25, 0.3) is 0 Å². The molecule has 114 valence electrons. The Labute approximate surface area is 119 Å². The van der Waals surface area contributed by atoms with E-state index in [1.165, 1.54) is 0 Å². The summed E-state index contributed by atoms with van der Waals surface area (Å²) in [6, 6.07) is 0. The van der Waals surface area contributed by atoms with Gasteiger partial charge in [0.05, 0.1) is 12.2 Å². The molecule has 1 N–H and O–H groups in total. The summed E-state index contributed by atoms with van der Waals surface area (Å²) in [5, 5.41) is 9.78. The van der Waals surface area contributed by atoms with Crippen LogP contribution >= 0.6 is 0 Å². The first-order valence-electron chi connectivity index (χ1n) is 7.76. The Bertz CT molecular complexity index is 244. The SMILES string of the molecule is CC(C)[Si](OCC[C@H]1OCC[C@H]1O)(C(C)C)C(C)C. The zero-order valence-corrected chi connectivity index (χ0v) is 14.5. The van der Waals surface area contributed by atoms with Crippen molar-refractivity contribution in [2.24, 2.45) is 0 Å². The van der Waals surface area contributed by atoms with E-state index < -0.39 is 8.32 Å². The molecular formula is C15H32O3Si. The van der Waals surface area contributed by atoms with E-state index in [0.717, 1.165) is 19.4 Å². The molecule has 0 amide bonds. The van der Waals surface area contributed by atoms with Crippen molar-refractivity contribution in [1.29, 1.82) is 0 Å². The molecule has 1 fully saturated rings. The lowest BCUT2D eigenvalue weighted by Gasteiger charge is -2.42. The number of aliphatic hydroxyl groups is 1. The molecule has 0 aromatic carbocycles. The summed E-state index contributed by atoms with van der Waals surface area (Å²) in [6.45, 7) is 15.2. The van der Waals surface area contributed by atoms with Crippen LogP contribution in [0.5, 0.6) is 0 Å². The van der Waals surface area contributed by atoms with Crippen molar-refractivity contribution >= 4 is 8.32 Å². The lowest BCUT2D eigenvalue weighted by atomic mass is 10.1. The molecule has 0 unspecified atom stereocenters. The van der Waals surface area contributed by atoms with Crippen molar-refractivity contribution in [3.05, 3.63) is 0 Å². The van der Waals surface area contributed by atoms with Gasteiger partial charge in [0.15, 0.2) is 8.32 Å². The van der Waals surface area contributed by atoms with Gasteiger partial charge in [-0.25, -0.2) is 0 Å². The minimum absolute atomic E-state index is 0.0156. The van der Waals surface area contributed by atoms with Crippen LogP contribution in [0.1, 0.15) is 54.4 Å². The zero-order valence-electron chi connectivity index (χ0n) is 13.5. The second-order valence-corrected chi connectivity index (χ2v) is 12.2. The van der Waals surface area contributed by atoms with Gasteiger partial charge in [-0.15, -0.1) is 0 Å². The highest BCUT2D eigenvalue weighted by Gasteiger charge is 2.45. The first-order chi connectivity index (χ1) is 8.82. The standard InChI is InChI=1S/C15H32O3Si/c1-11(2)19(12(3)4,13(5)6)18-10-8-15-14(16)7-9-17-15/h11-16H,7-10H2,1-6H3/t14-,15-/m1/s1. The summed E-state index contributed by atoms with van der Waals surface area (Å²) >= 11 is 0. The van der Waals surface area contributed by atoms with Crippen molar-refractivity contribution in [2.75, 3.05) is 13.2 Å². The summed E-state index contributed by atoms with van der Waals surface area (Å²) in [6.07, 6.45) is 1.28. The molecule has 4 heteroatoms. The minimum Gasteiger partial charge on any atom is -0.416 e. The molecule has 1 aliphatic rings. The lowest BCUT2D eigenvalue weighted by Crippen LogP contribution is -2.48. The fourth-order valence-corrected chi connectivity index (χ4v) is 9.24. The van der Waals surface area contributed by atoms with Gasteiger partial charge < -0.3 is 14.3 Å². The number of hydrogen-bond acceptors (Lipinski definition) is 3. The van der Waals surface area contributed by atoms with Crippen LogP contribution in [0.2, 0.25) is 16.6 Å². The minimum atomic E-state index is -1.76. The molecule has 2 atom stereocenters. The highest BCUT2D eigenvalue weighted by atomic mass is 28.4. The molecule has 1 aliphatic heterocycles. The van der Waals surface area contributed by atoms with Crippen LogP contribution in [0.15, 0.2) is 0 Å². The molecule has 0 spiro atoms. The largest absolute Gasteiger partial charge is 0.416 e. The smallest absolute Gasteiger partial charge is 0.200 e. The average Bonchev–Trinajstić information content (AvgIpc) is 2.69. The molecule has 19 heavy (non-hydrogen) atoms. The number of rotatable bonds is 7. The predicted octanol–water partition coefficient (Wildman–Crippen LogP) is 3.72. The van der Waals surface area contributed by atoms with E-state index in [4.69, 9.17) is 9.16 Å². The van der Waals surface area contributed by atoms with E-state index in [9.17, 15) is 5.11 Å². The number of aliphatic hydroxyl groups excluding tert-OH is 1. The third-order valence-electron chi connectivity index (χ3n) is 4.64. The Morgan fingerprint density at radius 3 is 2.00 bits per heavy atom. The van der Waals surface area contributed by atoms with Crippen molar-refractivity contribution in [1.82, 2.24) is 0 Å². The Kier molecular flexibility index (Phi) is 6.50. The van der Waals surface area contributed by atoms with Crippen LogP contribution in [0, 0.1) is 0 Å². The first-order valence-corrected chi connectivity index (χ1v) is 9.90. The highest BCUT2D eigenvalue weighted by Crippen LogP contribution is 2.42. The van der Waals surface area contributed by atoms with Crippen LogP contribution in [-0.4, -0.2) is 38.8 Å². The molecule has 0 saturated carbocycles. The van der Waals surface area contributed by atoms with Gasteiger partial charge in [0.2, 0.25) is 0 Å². The second-order valence-electron chi connectivity index (χ2n) is 6.72. The molecule has 1 rings (SSSR count). The molecule has 0 aromatic rings. The van der Waals surface area contributed by atoms with E-state index in [-0.39, 0.29) is 12.2 Å². The Morgan fingerprint density at radius 2 is 1.63 bits per heavy atom. The van der Waals surface area contributed by atoms with Gasteiger partial charge in [-0.05, 0) is 29.5 Å². The third-order valence-corrected chi connectivity index (χ3v) is 10.8. The molecule has 0 radical (unpaired) electrons. The molecule has 0 bridgehead atoms. The third kappa shape index (κ3) is 3.81. The van der Waals surface area contributed by atoms with Crippen molar-refractivity contribution < 1.29 is 14.3 Å². The summed E-state index contributed by atoms with van der Waals surface area (Å²) in [7, 11) is -1.76. The van der Waals surface area contributed by atoms with E-state index in [1.54, 1.807) is 0 Å². The van der Waals surface area contributed by atoms with Crippen molar-refractivity contribution in [3.63, 3.8) is 0 Å². The topological polar surface area (TPSA) is 38.7 Å². The van der Waals surface area contributed by atoms with Gasteiger partial charge in [0, 0.05) is 13.2 Å². The maximum Gasteiger partial charge on any atom is 0.200 e. The number of hydrogen-bond donors (Lipinski definition) is 1. The van der Waals surface area contributed by atoms with Crippen LogP contribution in [0.3, 0.4) is 0 Å². The molecule has 3 nitrogen and oxygen atoms in total. The maximum atomic E-state index is 9.78. The van der Waals surface area contributed by atoms with Crippen molar-refractivity contribution in [3.8, 4) is 0 Å². The predicted molar refractivity (Wildman–Crippen MR) is 82.0 cm³/mol. The van der Waals surface area contributed by atoms with E-state index in [1.807, 2.05) is 0 Å². The van der Waals surface area contributed by atoms with Gasteiger partial charge in [-0.3, -0.25) is 0 Å². The fraction of sp³-hybridized carbons (Fsp3) is 1.00. The molecule has 0 aromatic heterocycles. The molecule has 0 aliphatic carbocycles. The van der Waals surface area contributed by atoms with Gasteiger partial charge >= 0.3 is 0 Å². The van der Waals surface area contributed by atoms with E-state index in [2.05, 4.69) is 41.5 Å². The van der Waals surface area contributed by atoms with Crippen LogP contribution in [0.25, 0.3) is 0 Å². The quantitative estimate of drug-likeness (QED) is 0.726. The van der Waals surface area contributed by atoms with Gasteiger partial charge in [-0.2, -0.15) is 0 Å². The van der Waals surface area contributed by atoms with E-state index >= 15 is 0 Å². The lowest BCUT2D eigenvalue weighted by molar-refractivity contribution is 0.0265. The fourth-order valence-electron chi connectivity index (χ4n) is 3.76. The Morgan fingerprint density at radius 1 is 1.11 bits per heavy atom. The Balaban J connectivity index is 2.58. The van der Waals surface area contributed by atoms with Crippen LogP contribution < -0.4 is 0 Å². The van der Waals surface area contributed by atoms with E-state index in [0.29, 0.717) is 23.2 Å². The summed E-state index contributed by atoms with van der Waals surface area (Å²) in [4.78, 5) is 0. The highest BCUT2D eigenvalue weighted by molar-refractivity contribution is 6.77. The van der Waals surface area contributed by atoms with Crippen LogP contribution in [0.4, 0.5) is 0 Å². The molecular weight excluding hydrogens is 256 g/mol. The Hall–Kier alpha value is 0.0969. The number of ether oxygens (including phenoxy) is 1.